The summed E-state index contributed by atoms with van der Waals surface area (Å²) in [5.41, 5.74) is 5.17. The van der Waals surface area contributed by atoms with Gasteiger partial charge >= 0.3 is 5.97 Å². The zero-order chi connectivity index (χ0) is 28.8. The third kappa shape index (κ3) is 6.13. The summed E-state index contributed by atoms with van der Waals surface area (Å²) in [7, 11) is 0.0166. The van der Waals surface area contributed by atoms with E-state index in [1.165, 1.54) is 7.11 Å². The number of aromatic nitrogens is 4. The molecular formula is C26H44N5O6Si. The Kier molecular flexibility index (Phi) is 8.25. The Morgan fingerprint density at radius 3 is 2.24 bits per heavy atom. The molecule has 1 radical (unpaired) electrons. The highest BCUT2D eigenvalue weighted by Gasteiger charge is 2.63. The van der Waals surface area contributed by atoms with E-state index in [9.17, 15) is 4.79 Å². The van der Waals surface area contributed by atoms with Crippen LogP contribution < -0.4 is 10.5 Å². The number of methoxy groups -OCH3 is 1. The van der Waals surface area contributed by atoms with Crippen molar-refractivity contribution in [3.8, 4) is 5.88 Å². The number of carbonyl (C=O) groups is 1. The SMILES string of the molecule is COc1nc(N)nc2c1ncn2[C@@]1([Si](C)C)O[C@H](COC(C)(C)C)[C@@H](OC(C)(C)C)[C@@H]1OC(=O)C(C)(C)C. The summed E-state index contributed by atoms with van der Waals surface area (Å²) >= 11 is 0. The molecule has 0 spiro atoms. The number of nitrogen functional groups attached to an aromatic ring is 1. The highest BCUT2D eigenvalue weighted by Crippen LogP contribution is 2.45. The Bertz CT molecular complexity index is 1150. The minimum atomic E-state index is -1.48. The van der Waals surface area contributed by atoms with Crippen LogP contribution >= 0.6 is 0 Å². The zero-order valence-corrected chi connectivity index (χ0v) is 25.8. The van der Waals surface area contributed by atoms with Gasteiger partial charge in [-0.15, -0.1) is 0 Å². The summed E-state index contributed by atoms with van der Waals surface area (Å²) in [4.78, 5) is 26.6. The van der Waals surface area contributed by atoms with Crippen LogP contribution in [0.4, 0.5) is 5.95 Å². The van der Waals surface area contributed by atoms with E-state index < -0.39 is 49.1 Å². The van der Waals surface area contributed by atoms with E-state index in [-0.39, 0.29) is 24.4 Å². The Balaban J connectivity index is 2.29. The smallest absolute Gasteiger partial charge is 0.311 e. The van der Waals surface area contributed by atoms with Crippen molar-refractivity contribution in [2.45, 2.75) is 110 Å². The van der Waals surface area contributed by atoms with Crippen LogP contribution in [0.2, 0.25) is 13.1 Å². The maximum Gasteiger partial charge on any atom is 0.311 e. The topological polar surface area (TPSA) is 133 Å². The monoisotopic (exact) mass is 550 g/mol. The number of ether oxygens (including phenoxy) is 5. The van der Waals surface area contributed by atoms with Gasteiger partial charge in [-0.05, 0) is 62.3 Å². The van der Waals surface area contributed by atoms with Crippen LogP contribution in [0, 0.1) is 5.41 Å². The molecule has 3 rings (SSSR count). The van der Waals surface area contributed by atoms with Gasteiger partial charge in [0.15, 0.2) is 22.6 Å². The van der Waals surface area contributed by atoms with Gasteiger partial charge in [0.2, 0.25) is 11.8 Å². The van der Waals surface area contributed by atoms with Gasteiger partial charge in [-0.25, -0.2) is 4.98 Å². The average molecular weight is 551 g/mol. The number of esters is 1. The molecule has 12 heteroatoms. The van der Waals surface area contributed by atoms with E-state index in [1.807, 2.05) is 66.9 Å². The summed E-state index contributed by atoms with van der Waals surface area (Å²) in [5, 5.41) is -1.16. The highest BCUT2D eigenvalue weighted by molar-refractivity contribution is 6.58. The maximum absolute atomic E-state index is 13.4. The summed E-state index contributed by atoms with van der Waals surface area (Å²) in [6.07, 6.45) is -0.393. The molecule has 2 aromatic heterocycles. The van der Waals surface area contributed by atoms with Crippen molar-refractivity contribution < 1.29 is 28.5 Å². The summed E-state index contributed by atoms with van der Waals surface area (Å²) in [6.45, 7) is 21.7. The predicted molar refractivity (Wildman–Crippen MR) is 146 cm³/mol. The van der Waals surface area contributed by atoms with E-state index in [1.54, 1.807) is 6.33 Å². The number of rotatable bonds is 7. The Labute approximate surface area is 227 Å². The molecule has 1 fully saturated rings. The normalized spacial score (nSPS) is 24.8. The first-order valence-corrected chi connectivity index (χ1v) is 15.4. The molecule has 2 N–H and O–H groups in total. The number of nitrogens with two attached hydrogens (primary N) is 1. The predicted octanol–water partition coefficient (Wildman–Crippen LogP) is 3.72. The van der Waals surface area contributed by atoms with Crippen molar-refractivity contribution in [1.29, 1.82) is 0 Å². The third-order valence-electron chi connectivity index (χ3n) is 6.05. The molecule has 0 bridgehead atoms. The van der Waals surface area contributed by atoms with Gasteiger partial charge < -0.3 is 29.4 Å². The molecule has 4 atom stereocenters. The molecule has 0 aromatic carbocycles. The largest absolute Gasteiger partial charge is 0.479 e. The lowest BCUT2D eigenvalue weighted by Crippen LogP contribution is -2.57. The number of hydrogen-bond acceptors (Lipinski definition) is 10. The van der Waals surface area contributed by atoms with Gasteiger partial charge in [0, 0.05) is 0 Å². The molecule has 1 saturated heterocycles. The summed E-state index contributed by atoms with van der Waals surface area (Å²) in [5.74, 6) is -0.0861. The van der Waals surface area contributed by atoms with Crippen molar-refractivity contribution in [2.75, 3.05) is 19.5 Å². The zero-order valence-electron chi connectivity index (χ0n) is 24.8. The van der Waals surface area contributed by atoms with E-state index >= 15 is 0 Å². The second-order valence-corrected chi connectivity index (χ2v) is 15.6. The summed E-state index contributed by atoms with van der Waals surface area (Å²) in [6, 6.07) is 0. The fourth-order valence-electron chi connectivity index (χ4n) is 4.34. The van der Waals surface area contributed by atoms with Gasteiger partial charge in [-0.1, -0.05) is 13.1 Å². The number of anilines is 1. The fraction of sp³-hybridized carbons (Fsp3) is 0.769. The number of hydrogen-bond donors (Lipinski definition) is 1. The lowest BCUT2D eigenvalue weighted by molar-refractivity contribution is -0.179. The Hall–Kier alpha value is -2.28. The quantitative estimate of drug-likeness (QED) is 0.402. The lowest BCUT2D eigenvalue weighted by atomic mass is 9.97. The number of imidazole rings is 1. The standard InChI is InChI=1S/C26H44N5O6Si/c1-23(2,3)21(32)35-18-17(37-25(7,8)9)15(13-34-24(4,5)6)36-26(18,38(11)12)31-14-28-16-19(31)29-22(27)30-20(16)33-10/h14-15,17-18H,13H2,1-12H3,(H2,27,29,30)/t15-,17-,18+,26-/m1/s1. The van der Waals surface area contributed by atoms with Crippen molar-refractivity contribution in [2.24, 2.45) is 5.41 Å². The first kappa shape index (κ1) is 30.3. The maximum atomic E-state index is 13.4. The second-order valence-electron chi connectivity index (χ2n) is 12.9. The van der Waals surface area contributed by atoms with Gasteiger partial charge in [0.25, 0.3) is 0 Å². The number of fused-ring (bicyclic) bond motifs is 1. The minimum absolute atomic E-state index is 0.0311. The number of nitrogens with zero attached hydrogens (tertiary/aromatic N) is 4. The van der Waals surface area contributed by atoms with Crippen LogP contribution in [0.1, 0.15) is 62.3 Å². The van der Waals surface area contributed by atoms with Gasteiger partial charge in [0.05, 0.1) is 36.7 Å². The fourth-order valence-corrected chi connectivity index (χ4v) is 6.17. The van der Waals surface area contributed by atoms with Crippen LogP contribution in [0.3, 0.4) is 0 Å². The van der Waals surface area contributed by atoms with E-state index in [0.29, 0.717) is 11.2 Å². The van der Waals surface area contributed by atoms with E-state index in [4.69, 9.17) is 29.4 Å². The molecule has 0 unspecified atom stereocenters. The summed E-state index contributed by atoms with van der Waals surface area (Å²) < 4.78 is 33.3. The van der Waals surface area contributed by atoms with Crippen LogP contribution in [0.25, 0.3) is 11.2 Å². The highest BCUT2D eigenvalue weighted by atomic mass is 28.3. The molecule has 0 saturated carbocycles. The molecule has 1 aliphatic heterocycles. The molecule has 1 aliphatic rings. The van der Waals surface area contributed by atoms with Crippen molar-refractivity contribution in [1.82, 2.24) is 19.5 Å². The third-order valence-corrected chi connectivity index (χ3v) is 8.12. The first-order chi connectivity index (χ1) is 17.3. The first-order valence-electron chi connectivity index (χ1n) is 12.9. The molecule has 0 aliphatic carbocycles. The van der Waals surface area contributed by atoms with E-state index in [0.717, 1.165) is 0 Å². The van der Waals surface area contributed by atoms with Gasteiger partial charge in [0.1, 0.15) is 21.0 Å². The van der Waals surface area contributed by atoms with Crippen molar-refractivity contribution in [3.63, 3.8) is 0 Å². The van der Waals surface area contributed by atoms with Crippen molar-refractivity contribution >= 4 is 31.9 Å². The Morgan fingerprint density at radius 1 is 1.11 bits per heavy atom. The molecule has 38 heavy (non-hydrogen) atoms. The second kappa shape index (κ2) is 10.4. The molecular weight excluding hydrogens is 506 g/mol. The molecule has 3 heterocycles. The molecule has 11 nitrogen and oxygen atoms in total. The average Bonchev–Trinajstić information content (AvgIpc) is 3.29. The van der Waals surface area contributed by atoms with Crippen LogP contribution in [-0.2, 0) is 29.1 Å². The molecule has 2 aromatic rings. The number of carbonyl (C=O) groups excluding carboxylic acids is 1. The minimum Gasteiger partial charge on any atom is -0.479 e. The lowest BCUT2D eigenvalue weighted by Gasteiger charge is -2.40. The van der Waals surface area contributed by atoms with Crippen LogP contribution in [0.15, 0.2) is 6.33 Å². The van der Waals surface area contributed by atoms with Crippen molar-refractivity contribution in [3.05, 3.63) is 6.33 Å². The Morgan fingerprint density at radius 2 is 1.74 bits per heavy atom. The molecule has 213 valence electrons. The van der Waals surface area contributed by atoms with Crippen LogP contribution in [-0.4, -0.2) is 77.5 Å². The molecule has 0 amide bonds. The van der Waals surface area contributed by atoms with Gasteiger partial charge in [-0.2, -0.15) is 9.97 Å². The van der Waals surface area contributed by atoms with E-state index in [2.05, 4.69) is 28.0 Å². The van der Waals surface area contributed by atoms with Gasteiger partial charge in [-0.3, -0.25) is 9.36 Å². The van der Waals surface area contributed by atoms with Crippen LogP contribution in [0.5, 0.6) is 5.88 Å².